The fraction of sp³-hybridized carbons (Fsp3) is 0.571. The highest BCUT2D eigenvalue weighted by atomic mass is 16.5. The second-order valence-corrected chi connectivity index (χ2v) is 4.55. The van der Waals surface area contributed by atoms with Crippen molar-refractivity contribution in [2.45, 2.75) is 19.6 Å². The van der Waals surface area contributed by atoms with E-state index in [1.165, 1.54) is 11.1 Å². The van der Waals surface area contributed by atoms with Gasteiger partial charge in [0.2, 0.25) is 0 Å². The Morgan fingerprint density at radius 2 is 1.94 bits per heavy atom. The average molecular weight is 253 g/mol. The molecule has 2 N–H and O–H groups in total. The number of ether oxygens (including phenoxy) is 1. The summed E-state index contributed by atoms with van der Waals surface area (Å²) in [7, 11) is 1.66. The van der Waals surface area contributed by atoms with Gasteiger partial charge in [-0.2, -0.15) is 0 Å². The van der Waals surface area contributed by atoms with Gasteiger partial charge in [-0.05, 0) is 12.5 Å². The lowest BCUT2D eigenvalue weighted by Crippen LogP contribution is -2.36. The van der Waals surface area contributed by atoms with Crippen molar-refractivity contribution in [3.8, 4) is 0 Å². The van der Waals surface area contributed by atoms with E-state index in [1.807, 2.05) is 0 Å². The maximum absolute atomic E-state index is 9.52. The quantitative estimate of drug-likeness (QED) is 0.719. The van der Waals surface area contributed by atoms with E-state index in [1.54, 1.807) is 7.11 Å². The standard InChI is InChI=1S/C14H23NO3/c1-12-3-5-13(6-4-12)9-15(7-8-18-2)10-14(17)11-16/h3-6,14,16-17H,7-11H2,1-2H3/t14-/m0/s1. The van der Waals surface area contributed by atoms with Crippen LogP contribution < -0.4 is 0 Å². The van der Waals surface area contributed by atoms with E-state index in [0.717, 1.165) is 13.1 Å². The number of rotatable bonds is 8. The number of nitrogens with zero attached hydrogens (tertiary/aromatic N) is 1. The largest absolute Gasteiger partial charge is 0.394 e. The molecule has 1 aromatic carbocycles. The van der Waals surface area contributed by atoms with Gasteiger partial charge in [-0.3, -0.25) is 4.90 Å². The molecule has 0 aromatic heterocycles. The van der Waals surface area contributed by atoms with Crippen LogP contribution in [0.5, 0.6) is 0 Å². The van der Waals surface area contributed by atoms with E-state index in [0.29, 0.717) is 13.2 Å². The van der Waals surface area contributed by atoms with E-state index in [2.05, 4.69) is 36.1 Å². The van der Waals surface area contributed by atoms with Crippen molar-refractivity contribution >= 4 is 0 Å². The van der Waals surface area contributed by atoms with Crippen LogP contribution in [0.3, 0.4) is 0 Å². The molecule has 4 nitrogen and oxygen atoms in total. The fourth-order valence-corrected chi connectivity index (χ4v) is 1.76. The molecule has 0 spiro atoms. The van der Waals surface area contributed by atoms with Crippen LogP contribution in [0.4, 0.5) is 0 Å². The number of methoxy groups -OCH3 is 1. The van der Waals surface area contributed by atoms with E-state index in [4.69, 9.17) is 9.84 Å². The molecule has 0 amide bonds. The molecule has 0 heterocycles. The topological polar surface area (TPSA) is 52.9 Å². The molecule has 0 saturated carbocycles. The zero-order chi connectivity index (χ0) is 13.4. The molecule has 0 unspecified atom stereocenters. The Kier molecular flexibility index (Phi) is 6.90. The van der Waals surface area contributed by atoms with Gasteiger partial charge in [0.05, 0.1) is 19.3 Å². The summed E-state index contributed by atoms with van der Waals surface area (Å²) in [5, 5.41) is 18.4. The number of hydrogen-bond acceptors (Lipinski definition) is 4. The van der Waals surface area contributed by atoms with E-state index < -0.39 is 6.10 Å². The monoisotopic (exact) mass is 253 g/mol. The molecular formula is C14H23NO3. The minimum absolute atomic E-state index is 0.211. The molecule has 0 aliphatic rings. The summed E-state index contributed by atoms with van der Waals surface area (Å²) in [4.78, 5) is 2.08. The predicted molar refractivity (Wildman–Crippen MR) is 71.4 cm³/mol. The van der Waals surface area contributed by atoms with Crippen LogP contribution >= 0.6 is 0 Å². The third kappa shape index (κ3) is 5.60. The summed E-state index contributed by atoms with van der Waals surface area (Å²) in [6.45, 7) is 4.40. The second kappa shape index (κ2) is 8.21. The first-order chi connectivity index (χ1) is 8.65. The normalized spacial score (nSPS) is 12.9. The van der Waals surface area contributed by atoms with Gasteiger partial charge in [0, 0.05) is 26.7 Å². The summed E-state index contributed by atoms with van der Waals surface area (Å²) < 4.78 is 5.06. The van der Waals surface area contributed by atoms with Crippen molar-refractivity contribution < 1.29 is 14.9 Å². The molecule has 0 radical (unpaired) electrons. The Bertz CT molecular complexity index is 326. The molecule has 0 bridgehead atoms. The lowest BCUT2D eigenvalue weighted by atomic mass is 10.1. The third-order valence-electron chi connectivity index (χ3n) is 2.82. The van der Waals surface area contributed by atoms with Crippen molar-refractivity contribution in [3.05, 3.63) is 35.4 Å². The molecule has 0 aliphatic heterocycles. The van der Waals surface area contributed by atoms with Crippen LogP contribution in [0.15, 0.2) is 24.3 Å². The van der Waals surface area contributed by atoms with Gasteiger partial charge in [-0.25, -0.2) is 0 Å². The number of aliphatic hydroxyl groups excluding tert-OH is 2. The first-order valence-electron chi connectivity index (χ1n) is 6.21. The summed E-state index contributed by atoms with van der Waals surface area (Å²) in [5.41, 5.74) is 2.43. The van der Waals surface area contributed by atoms with Gasteiger partial charge < -0.3 is 14.9 Å². The van der Waals surface area contributed by atoms with E-state index in [9.17, 15) is 5.11 Å². The highest BCUT2D eigenvalue weighted by Crippen LogP contribution is 2.07. The van der Waals surface area contributed by atoms with Crippen LogP contribution in [-0.2, 0) is 11.3 Å². The van der Waals surface area contributed by atoms with E-state index >= 15 is 0 Å². The van der Waals surface area contributed by atoms with Crippen LogP contribution in [0.2, 0.25) is 0 Å². The fourth-order valence-electron chi connectivity index (χ4n) is 1.76. The molecular weight excluding hydrogens is 230 g/mol. The van der Waals surface area contributed by atoms with Crippen molar-refractivity contribution in [2.24, 2.45) is 0 Å². The lowest BCUT2D eigenvalue weighted by molar-refractivity contribution is 0.0469. The summed E-state index contributed by atoms with van der Waals surface area (Å²) >= 11 is 0. The SMILES string of the molecule is COCCN(Cc1ccc(C)cc1)C[C@H](O)CO. The molecule has 1 rings (SSSR count). The molecule has 0 fully saturated rings. The zero-order valence-corrected chi connectivity index (χ0v) is 11.2. The predicted octanol–water partition coefficient (Wildman–Crippen LogP) is 0.797. The smallest absolute Gasteiger partial charge is 0.0897 e. The Labute approximate surface area is 109 Å². The van der Waals surface area contributed by atoms with Gasteiger partial charge in [0.25, 0.3) is 0 Å². The van der Waals surface area contributed by atoms with Gasteiger partial charge >= 0.3 is 0 Å². The Morgan fingerprint density at radius 1 is 1.28 bits per heavy atom. The van der Waals surface area contributed by atoms with Gasteiger partial charge in [-0.15, -0.1) is 0 Å². The summed E-state index contributed by atoms with van der Waals surface area (Å²) in [5.74, 6) is 0. The van der Waals surface area contributed by atoms with Crippen molar-refractivity contribution in [1.82, 2.24) is 4.90 Å². The molecule has 1 aromatic rings. The maximum Gasteiger partial charge on any atom is 0.0897 e. The second-order valence-electron chi connectivity index (χ2n) is 4.55. The third-order valence-corrected chi connectivity index (χ3v) is 2.82. The Hall–Kier alpha value is -0.940. The molecule has 18 heavy (non-hydrogen) atoms. The molecule has 0 saturated heterocycles. The van der Waals surface area contributed by atoms with Crippen molar-refractivity contribution in [1.29, 1.82) is 0 Å². The van der Waals surface area contributed by atoms with Crippen LogP contribution in [0.25, 0.3) is 0 Å². The van der Waals surface area contributed by atoms with Crippen molar-refractivity contribution in [3.63, 3.8) is 0 Å². The number of hydrogen-bond donors (Lipinski definition) is 2. The summed E-state index contributed by atoms with van der Waals surface area (Å²) in [6, 6.07) is 8.32. The first kappa shape index (κ1) is 15.1. The molecule has 4 heteroatoms. The maximum atomic E-state index is 9.52. The van der Waals surface area contributed by atoms with Gasteiger partial charge in [-0.1, -0.05) is 29.8 Å². The highest BCUT2D eigenvalue weighted by molar-refractivity contribution is 5.21. The van der Waals surface area contributed by atoms with Crippen LogP contribution in [0.1, 0.15) is 11.1 Å². The Balaban J connectivity index is 2.56. The Morgan fingerprint density at radius 3 is 2.50 bits per heavy atom. The number of benzene rings is 1. The molecule has 102 valence electrons. The number of aryl methyl sites for hydroxylation is 1. The molecule has 1 atom stereocenters. The minimum Gasteiger partial charge on any atom is -0.394 e. The van der Waals surface area contributed by atoms with Crippen molar-refractivity contribution in [2.75, 3.05) is 33.4 Å². The summed E-state index contributed by atoms with van der Waals surface area (Å²) in [6.07, 6.45) is -0.702. The van der Waals surface area contributed by atoms with E-state index in [-0.39, 0.29) is 6.61 Å². The van der Waals surface area contributed by atoms with Crippen LogP contribution in [-0.4, -0.2) is 54.6 Å². The van der Waals surface area contributed by atoms with Gasteiger partial charge in [0.1, 0.15) is 0 Å². The number of aliphatic hydroxyl groups is 2. The minimum atomic E-state index is -0.702. The molecule has 0 aliphatic carbocycles. The highest BCUT2D eigenvalue weighted by Gasteiger charge is 2.11. The lowest BCUT2D eigenvalue weighted by Gasteiger charge is -2.24. The first-order valence-corrected chi connectivity index (χ1v) is 6.21. The van der Waals surface area contributed by atoms with Gasteiger partial charge in [0.15, 0.2) is 0 Å². The average Bonchev–Trinajstić information content (AvgIpc) is 2.38. The van der Waals surface area contributed by atoms with Crippen LogP contribution in [0, 0.1) is 6.92 Å². The zero-order valence-electron chi connectivity index (χ0n) is 11.2.